The van der Waals surface area contributed by atoms with Crippen molar-refractivity contribution >= 4 is 12.0 Å². The number of nitrogens with zero attached hydrogens (tertiary/aromatic N) is 1. The summed E-state index contributed by atoms with van der Waals surface area (Å²) >= 11 is 0. The molecule has 1 atom stereocenters. The third-order valence-corrected chi connectivity index (χ3v) is 5.32. The van der Waals surface area contributed by atoms with Gasteiger partial charge in [-0.2, -0.15) is 0 Å². The van der Waals surface area contributed by atoms with Gasteiger partial charge in [-0.05, 0) is 62.6 Å². The zero-order chi connectivity index (χ0) is 22.2. The summed E-state index contributed by atoms with van der Waals surface area (Å²) in [6.07, 6.45) is 5.30. The van der Waals surface area contributed by atoms with Crippen LogP contribution in [0.2, 0.25) is 0 Å². The lowest BCUT2D eigenvalue weighted by Crippen LogP contribution is -2.29. The lowest BCUT2D eigenvalue weighted by molar-refractivity contribution is -0.126. The monoisotopic (exact) mass is 425 g/mol. The Morgan fingerprint density at radius 3 is 2.48 bits per heavy atom. The minimum Gasteiger partial charge on any atom is -0.497 e. The molecule has 0 radical (unpaired) electrons. The SMILES string of the molecule is CCOc1ccc(/C=C/C(=O)N2CCCC2c2ccc(OC)cc2OC)cc1OCC. The molecule has 6 nitrogen and oxygen atoms in total. The smallest absolute Gasteiger partial charge is 0.247 e. The second-order valence-corrected chi connectivity index (χ2v) is 7.20. The Hall–Kier alpha value is -3.15. The Labute approximate surface area is 184 Å². The van der Waals surface area contributed by atoms with E-state index < -0.39 is 0 Å². The Bertz CT molecular complexity index is 924. The van der Waals surface area contributed by atoms with Crippen LogP contribution >= 0.6 is 0 Å². The van der Waals surface area contributed by atoms with E-state index in [4.69, 9.17) is 18.9 Å². The van der Waals surface area contributed by atoms with Crippen LogP contribution in [-0.4, -0.2) is 44.8 Å². The highest BCUT2D eigenvalue weighted by atomic mass is 16.5. The molecule has 1 aliphatic heterocycles. The summed E-state index contributed by atoms with van der Waals surface area (Å²) in [5.74, 6) is 2.84. The highest BCUT2D eigenvalue weighted by Gasteiger charge is 2.31. The molecule has 1 amide bonds. The fourth-order valence-electron chi connectivity index (χ4n) is 3.88. The molecule has 1 saturated heterocycles. The molecule has 0 aliphatic carbocycles. The van der Waals surface area contributed by atoms with Crippen molar-refractivity contribution in [2.24, 2.45) is 0 Å². The molecule has 1 heterocycles. The van der Waals surface area contributed by atoms with Gasteiger partial charge in [0.25, 0.3) is 0 Å². The first-order valence-electron chi connectivity index (χ1n) is 10.7. The molecule has 31 heavy (non-hydrogen) atoms. The summed E-state index contributed by atoms with van der Waals surface area (Å²) in [4.78, 5) is 14.9. The van der Waals surface area contributed by atoms with Gasteiger partial charge in [0.1, 0.15) is 11.5 Å². The van der Waals surface area contributed by atoms with Gasteiger partial charge < -0.3 is 23.8 Å². The number of hydrogen-bond donors (Lipinski definition) is 0. The number of benzene rings is 2. The average molecular weight is 426 g/mol. The van der Waals surface area contributed by atoms with Crippen LogP contribution in [0.4, 0.5) is 0 Å². The zero-order valence-electron chi connectivity index (χ0n) is 18.7. The maximum Gasteiger partial charge on any atom is 0.247 e. The van der Waals surface area contributed by atoms with Crippen molar-refractivity contribution in [3.8, 4) is 23.0 Å². The van der Waals surface area contributed by atoms with Crippen LogP contribution in [0.15, 0.2) is 42.5 Å². The van der Waals surface area contributed by atoms with E-state index in [0.717, 1.165) is 42.0 Å². The highest BCUT2D eigenvalue weighted by molar-refractivity contribution is 5.92. The molecule has 0 aromatic heterocycles. The molecule has 1 unspecified atom stereocenters. The molecule has 1 fully saturated rings. The van der Waals surface area contributed by atoms with Crippen LogP contribution in [-0.2, 0) is 4.79 Å². The zero-order valence-corrected chi connectivity index (χ0v) is 18.7. The van der Waals surface area contributed by atoms with Crippen LogP contribution in [0.5, 0.6) is 23.0 Å². The van der Waals surface area contributed by atoms with E-state index in [9.17, 15) is 4.79 Å². The molecule has 3 rings (SSSR count). The fourth-order valence-corrected chi connectivity index (χ4v) is 3.88. The number of ether oxygens (including phenoxy) is 4. The van der Waals surface area contributed by atoms with Gasteiger partial charge in [0.2, 0.25) is 5.91 Å². The maximum absolute atomic E-state index is 13.0. The minimum atomic E-state index is -0.0211. The molecular weight excluding hydrogens is 394 g/mol. The van der Waals surface area contributed by atoms with E-state index in [1.165, 1.54) is 0 Å². The predicted octanol–water partition coefficient (Wildman–Crippen LogP) is 4.88. The van der Waals surface area contributed by atoms with Crippen molar-refractivity contribution in [3.63, 3.8) is 0 Å². The Balaban J connectivity index is 1.78. The van der Waals surface area contributed by atoms with E-state index in [0.29, 0.717) is 24.7 Å². The van der Waals surface area contributed by atoms with E-state index in [-0.39, 0.29) is 11.9 Å². The van der Waals surface area contributed by atoms with Gasteiger partial charge in [-0.25, -0.2) is 0 Å². The Morgan fingerprint density at radius 2 is 1.77 bits per heavy atom. The van der Waals surface area contributed by atoms with E-state index in [1.54, 1.807) is 20.3 Å². The number of carbonyl (C=O) groups excluding carboxylic acids is 1. The van der Waals surface area contributed by atoms with Crippen LogP contribution in [0.1, 0.15) is 43.9 Å². The second-order valence-electron chi connectivity index (χ2n) is 7.20. The summed E-state index contributed by atoms with van der Waals surface area (Å²) in [7, 11) is 3.27. The number of rotatable bonds is 9. The molecule has 0 saturated carbocycles. The molecule has 6 heteroatoms. The summed E-state index contributed by atoms with van der Waals surface area (Å²) in [6, 6.07) is 11.4. The Morgan fingerprint density at radius 1 is 1.00 bits per heavy atom. The molecule has 0 bridgehead atoms. The lowest BCUT2D eigenvalue weighted by Gasteiger charge is -2.25. The molecule has 2 aromatic carbocycles. The van der Waals surface area contributed by atoms with Gasteiger partial charge >= 0.3 is 0 Å². The van der Waals surface area contributed by atoms with E-state index in [2.05, 4.69) is 0 Å². The summed E-state index contributed by atoms with van der Waals surface area (Å²) < 4.78 is 22.1. The topological polar surface area (TPSA) is 57.2 Å². The number of hydrogen-bond acceptors (Lipinski definition) is 5. The number of amides is 1. The number of methoxy groups -OCH3 is 2. The van der Waals surface area contributed by atoms with Crippen molar-refractivity contribution < 1.29 is 23.7 Å². The number of likely N-dealkylation sites (tertiary alicyclic amines) is 1. The molecule has 0 N–H and O–H groups in total. The standard InChI is InChI=1S/C25H31NO5/c1-5-30-22-13-9-18(16-24(22)31-6-2)10-14-25(27)26-15-7-8-21(26)20-12-11-19(28-3)17-23(20)29-4/h9-14,16-17,21H,5-8,15H2,1-4H3/b14-10+. The summed E-state index contributed by atoms with van der Waals surface area (Å²) in [5, 5.41) is 0. The van der Waals surface area contributed by atoms with Crippen molar-refractivity contribution in [1.29, 1.82) is 0 Å². The highest BCUT2D eigenvalue weighted by Crippen LogP contribution is 2.39. The molecule has 2 aromatic rings. The first-order valence-corrected chi connectivity index (χ1v) is 10.7. The minimum absolute atomic E-state index is 0.0164. The lowest BCUT2D eigenvalue weighted by atomic mass is 10.0. The van der Waals surface area contributed by atoms with Gasteiger partial charge in [0.15, 0.2) is 11.5 Å². The normalized spacial score (nSPS) is 15.9. The first kappa shape index (κ1) is 22.5. The van der Waals surface area contributed by atoms with Gasteiger partial charge in [0, 0.05) is 24.3 Å². The van der Waals surface area contributed by atoms with Gasteiger partial charge in [0.05, 0.1) is 33.5 Å². The number of carbonyl (C=O) groups is 1. The first-order chi connectivity index (χ1) is 15.1. The van der Waals surface area contributed by atoms with Gasteiger partial charge in [-0.15, -0.1) is 0 Å². The van der Waals surface area contributed by atoms with E-state index in [1.807, 2.05) is 61.2 Å². The molecular formula is C25H31NO5. The van der Waals surface area contributed by atoms with Crippen molar-refractivity contribution in [3.05, 3.63) is 53.6 Å². The second kappa shape index (κ2) is 10.8. The third-order valence-electron chi connectivity index (χ3n) is 5.32. The third kappa shape index (κ3) is 5.32. The van der Waals surface area contributed by atoms with Crippen molar-refractivity contribution in [2.45, 2.75) is 32.7 Å². The molecule has 1 aliphatic rings. The molecule has 166 valence electrons. The van der Waals surface area contributed by atoms with Gasteiger partial charge in [-0.1, -0.05) is 6.07 Å². The van der Waals surface area contributed by atoms with Crippen molar-refractivity contribution in [1.82, 2.24) is 4.90 Å². The average Bonchev–Trinajstić information content (AvgIpc) is 3.28. The predicted molar refractivity (Wildman–Crippen MR) is 121 cm³/mol. The maximum atomic E-state index is 13.0. The van der Waals surface area contributed by atoms with Crippen LogP contribution in [0.25, 0.3) is 6.08 Å². The van der Waals surface area contributed by atoms with Crippen LogP contribution in [0.3, 0.4) is 0 Å². The summed E-state index contributed by atoms with van der Waals surface area (Å²) in [6.45, 7) is 5.70. The quantitative estimate of drug-likeness (QED) is 0.536. The van der Waals surface area contributed by atoms with Gasteiger partial charge in [-0.3, -0.25) is 4.79 Å². The van der Waals surface area contributed by atoms with Crippen LogP contribution in [0, 0.1) is 0 Å². The summed E-state index contributed by atoms with van der Waals surface area (Å²) in [5.41, 5.74) is 1.89. The fraction of sp³-hybridized carbons (Fsp3) is 0.400. The van der Waals surface area contributed by atoms with E-state index >= 15 is 0 Å². The van der Waals surface area contributed by atoms with Crippen molar-refractivity contribution in [2.75, 3.05) is 34.0 Å². The Kier molecular flexibility index (Phi) is 7.82. The molecule has 0 spiro atoms. The largest absolute Gasteiger partial charge is 0.497 e. The van der Waals surface area contributed by atoms with Crippen LogP contribution < -0.4 is 18.9 Å².